The van der Waals surface area contributed by atoms with Gasteiger partial charge in [0.1, 0.15) is 0 Å². The summed E-state index contributed by atoms with van der Waals surface area (Å²) in [5, 5.41) is 10.9. The van der Waals surface area contributed by atoms with E-state index in [0.717, 1.165) is 18.4 Å². The van der Waals surface area contributed by atoms with Crippen LogP contribution >= 0.6 is 0 Å². The predicted octanol–water partition coefficient (Wildman–Crippen LogP) is 4.11. The van der Waals surface area contributed by atoms with E-state index in [1.807, 2.05) is 35.2 Å². The Labute approximate surface area is 179 Å². The minimum atomic E-state index is -0.574. The summed E-state index contributed by atoms with van der Waals surface area (Å²) in [4.78, 5) is 37.6. The van der Waals surface area contributed by atoms with Gasteiger partial charge in [0, 0.05) is 31.6 Å². The molecule has 1 saturated carbocycles. The minimum Gasteiger partial charge on any atom is -0.407 e. The molecule has 0 aliphatic heterocycles. The number of benzene rings is 2. The van der Waals surface area contributed by atoms with Gasteiger partial charge < -0.3 is 9.32 Å². The minimum absolute atomic E-state index is 0.0692. The highest BCUT2D eigenvalue weighted by atomic mass is 16.6. The lowest BCUT2D eigenvalue weighted by Crippen LogP contribution is -2.39. The number of hydrogen-bond acceptors (Lipinski definition) is 5. The van der Waals surface area contributed by atoms with Gasteiger partial charge in [-0.15, -0.1) is 0 Å². The fourth-order valence-electron chi connectivity index (χ4n) is 3.98. The average Bonchev–Trinajstić information content (AvgIpc) is 3.56. The number of rotatable bonds is 9. The highest BCUT2D eigenvalue weighted by Crippen LogP contribution is 2.36. The van der Waals surface area contributed by atoms with Crippen molar-refractivity contribution in [2.45, 2.75) is 51.7 Å². The van der Waals surface area contributed by atoms with Crippen LogP contribution in [0, 0.1) is 16.0 Å². The van der Waals surface area contributed by atoms with Crippen molar-refractivity contribution in [2.24, 2.45) is 5.92 Å². The third kappa shape index (κ3) is 4.68. The second-order valence-electron chi connectivity index (χ2n) is 8.12. The summed E-state index contributed by atoms with van der Waals surface area (Å²) in [5.74, 6) is 0.0547. The Morgan fingerprint density at radius 2 is 2.00 bits per heavy atom. The van der Waals surface area contributed by atoms with Crippen molar-refractivity contribution < 1.29 is 14.1 Å². The number of fused-ring (bicyclic) bond motifs is 1. The van der Waals surface area contributed by atoms with Gasteiger partial charge in [0.2, 0.25) is 5.91 Å². The van der Waals surface area contributed by atoms with E-state index in [2.05, 4.69) is 6.92 Å². The van der Waals surface area contributed by atoms with Crippen molar-refractivity contribution in [3.05, 3.63) is 74.8 Å². The largest absolute Gasteiger partial charge is 0.419 e. The van der Waals surface area contributed by atoms with E-state index in [4.69, 9.17) is 4.42 Å². The molecule has 0 saturated heterocycles. The van der Waals surface area contributed by atoms with Gasteiger partial charge in [0.25, 0.3) is 5.69 Å². The molecule has 1 unspecified atom stereocenters. The van der Waals surface area contributed by atoms with E-state index >= 15 is 0 Å². The maximum atomic E-state index is 13.1. The van der Waals surface area contributed by atoms with Crippen molar-refractivity contribution in [2.75, 3.05) is 0 Å². The first-order valence-electron chi connectivity index (χ1n) is 10.5. The fraction of sp³-hybridized carbons (Fsp3) is 0.391. The molecular weight excluding hydrogens is 398 g/mol. The lowest BCUT2D eigenvalue weighted by molar-refractivity contribution is -0.384. The van der Waals surface area contributed by atoms with Crippen molar-refractivity contribution in [3.63, 3.8) is 0 Å². The number of nitrogens with zero attached hydrogens (tertiary/aromatic N) is 3. The van der Waals surface area contributed by atoms with Gasteiger partial charge in [-0.2, -0.15) is 0 Å². The smallest absolute Gasteiger partial charge is 0.407 e. The van der Waals surface area contributed by atoms with E-state index in [1.165, 1.54) is 22.8 Å². The quantitative estimate of drug-likeness (QED) is 0.381. The summed E-state index contributed by atoms with van der Waals surface area (Å²) in [6.45, 7) is 3.00. The molecule has 8 heteroatoms. The zero-order valence-electron chi connectivity index (χ0n) is 17.4. The van der Waals surface area contributed by atoms with Crippen LogP contribution < -0.4 is 5.76 Å². The number of nitro groups is 1. The van der Waals surface area contributed by atoms with Gasteiger partial charge >= 0.3 is 5.76 Å². The van der Waals surface area contributed by atoms with Crippen LogP contribution in [0.3, 0.4) is 0 Å². The van der Waals surface area contributed by atoms with E-state index in [9.17, 15) is 19.7 Å². The molecule has 0 spiro atoms. The van der Waals surface area contributed by atoms with Crippen molar-refractivity contribution in [1.29, 1.82) is 0 Å². The summed E-state index contributed by atoms with van der Waals surface area (Å²) in [6.07, 6.45) is 3.10. The molecule has 162 valence electrons. The Kier molecular flexibility index (Phi) is 5.88. The first kappa shape index (κ1) is 20.8. The number of aromatic nitrogens is 1. The average molecular weight is 423 g/mol. The van der Waals surface area contributed by atoms with Gasteiger partial charge in [0.05, 0.1) is 16.5 Å². The van der Waals surface area contributed by atoms with Gasteiger partial charge in [0.15, 0.2) is 5.58 Å². The Hall–Kier alpha value is -3.42. The molecule has 3 aromatic rings. The van der Waals surface area contributed by atoms with Crippen LogP contribution in [-0.2, 0) is 17.9 Å². The normalized spacial score (nSPS) is 14.5. The van der Waals surface area contributed by atoms with E-state index in [0.29, 0.717) is 37.4 Å². The SMILES string of the molecule is CC(C1CC1)N(Cc1ccccc1)C(=O)CCCn1c(=O)oc2cc([N+](=O)[O-])ccc21. The third-order valence-electron chi connectivity index (χ3n) is 5.95. The van der Waals surface area contributed by atoms with E-state index in [-0.39, 0.29) is 23.2 Å². The van der Waals surface area contributed by atoms with Crippen LogP contribution in [0.15, 0.2) is 57.7 Å². The fourth-order valence-corrected chi connectivity index (χ4v) is 3.98. The topological polar surface area (TPSA) is 98.6 Å². The monoisotopic (exact) mass is 423 g/mol. The molecule has 0 bridgehead atoms. The van der Waals surface area contributed by atoms with Crippen molar-refractivity contribution >= 4 is 22.7 Å². The molecule has 8 nitrogen and oxygen atoms in total. The van der Waals surface area contributed by atoms with Crippen LogP contribution in [-0.4, -0.2) is 26.3 Å². The van der Waals surface area contributed by atoms with Gasteiger partial charge in [-0.3, -0.25) is 19.5 Å². The molecule has 1 atom stereocenters. The molecule has 1 aliphatic rings. The second kappa shape index (κ2) is 8.75. The Bertz CT molecular complexity index is 1150. The number of nitro benzene ring substituents is 1. The van der Waals surface area contributed by atoms with E-state index < -0.39 is 10.7 Å². The molecule has 31 heavy (non-hydrogen) atoms. The second-order valence-corrected chi connectivity index (χ2v) is 8.12. The summed E-state index contributed by atoms with van der Waals surface area (Å²) < 4.78 is 6.59. The molecule has 1 heterocycles. The van der Waals surface area contributed by atoms with Crippen LogP contribution in [0.25, 0.3) is 11.1 Å². The van der Waals surface area contributed by atoms with E-state index in [1.54, 1.807) is 0 Å². The van der Waals surface area contributed by atoms with Crippen molar-refractivity contribution in [1.82, 2.24) is 9.47 Å². The predicted molar refractivity (Wildman–Crippen MR) is 116 cm³/mol. The number of non-ortho nitro benzene ring substituents is 1. The zero-order chi connectivity index (χ0) is 22.0. The molecule has 1 aliphatic carbocycles. The molecule has 4 rings (SSSR count). The lowest BCUT2D eigenvalue weighted by atomic mass is 10.1. The molecule has 1 amide bonds. The van der Waals surface area contributed by atoms with Gasteiger partial charge in [-0.1, -0.05) is 30.3 Å². The highest BCUT2D eigenvalue weighted by molar-refractivity contribution is 5.77. The first-order chi connectivity index (χ1) is 14.9. The number of hydrogen-bond donors (Lipinski definition) is 0. The summed E-state index contributed by atoms with van der Waals surface area (Å²) >= 11 is 0. The first-order valence-corrected chi connectivity index (χ1v) is 10.5. The van der Waals surface area contributed by atoms with Crippen LogP contribution in [0.4, 0.5) is 5.69 Å². The Morgan fingerprint density at radius 3 is 2.68 bits per heavy atom. The molecular formula is C23H25N3O5. The maximum absolute atomic E-state index is 13.1. The zero-order valence-corrected chi connectivity index (χ0v) is 17.4. The number of carbonyl (C=O) groups is 1. The van der Waals surface area contributed by atoms with Crippen LogP contribution in [0.2, 0.25) is 0 Å². The maximum Gasteiger partial charge on any atom is 0.419 e. The molecule has 0 radical (unpaired) electrons. The number of amides is 1. The molecule has 1 fully saturated rings. The highest BCUT2D eigenvalue weighted by Gasteiger charge is 2.34. The molecule has 2 aromatic carbocycles. The van der Waals surface area contributed by atoms with Gasteiger partial charge in [-0.25, -0.2) is 4.79 Å². The standard InChI is InChI=1S/C23H25N3O5/c1-16(18-9-10-18)25(15-17-6-3-2-4-7-17)22(27)8-5-13-24-20-12-11-19(26(29)30)14-21(20)31-23(24)28/h2-4,6-7,11-12,14,16,18H,5,8-10,13,15H2,1H3. The van der Waals surface area contributed by atoms with Crippen LogP contribution in [0.1, 0.15) is 38.2 Å². The van der Waals surface area contributed by atoms with Gasteiger partial charge in [-0.05, 0) is 43.7 Å². The third-order valence-corrected chi connectivity index (χ3v) is 5.95. The van der Waals surface area contributed by atoms with Crippen molar-refractivity contribution in [3.8, 4) is 0 Å². The van der Waals surface area contributed by atoms with Crippen LogP contribution in [0.5, 0.6) is 0 Å². The number of carbonyl (C=O) groups excluding carboxylic acids is 1. The lowest BCUT2D eigenvalue weighted by Gasteiger charge is -2.30. The molecule has 0 N–H and O–H groups in total. The Morgan fingerprint density at radius 1 is 1.26 bits per heavy atom. The summed E-state index contributed by atoms with van der Waals surface area (Å²) in [5.41, 5.74) is 1.64. The Balaban J connectivity index is 1.44. The summed E-state index contributed by atoms with van der Waals surface area (Å²) in [7, 11) is 0. The summed E-state index contributed by atoms with van der Waals surface area (Å²) in [6, 6.07) is 14.2. The number of oxazole rings is 1. The molecule has 1 aromatic heterocycles. The number of aryl methyl sites for hydroxylation is 1.